The molecule has 0 radical (unpaired) electrons. The minimum Gasteiger partial charge on any atom is -0.292 e. The summed E-state index contributed by atoms with van der Waals surface area (Å²) in [7, 11) is 6.80. The van der Waals surface area contributed by atoms with Gasteiger partial charge in [-0.05, 0) is 38.8 Å². The maximum atomic E-state index is 2.30. The molecule has 14 heavy (non-hydrogen) atoms. The quantitative estimate of drug-likeness (QED) is 0.744. The van der Waals surface area contributed by atoms with Gasteiger partial charge in [-0.2, -0.15) is 0 Å². The first kappa shape index (κ1) is 14.6. The summed E-state index contributed by atoms with van der Waals surface area (Å²) < 4.78 is 1.07. The smallest absolute Gasteiger partial charge is 0.0851 e. The van der Waals surface area contributed by atoms with Crippen LogP contribution in [0.15, 0.2) is 0 Å². The predicted octanol–water partition coefficient (Wildman–Crippen LogP) is 3.23. The molecule has 3 heteroatoms. The van der Waals surface area contributed by atoms with Gasteiger partial charge in [-0.3, -0.25) is 4.25 Å². The Morgan fingerprint density at radius 2 is 1.07 bits per heavy atom. The number of rotatable bonds is 1. The Morgan fingerprint density at radius 1 is 0.786 bits per heavy atom. The van der Waals surface area contributed by atoms with Crippen LogP contribution in [-0.4, -0.2) is 21.1 Å². The maximum Gasteiger partial charge on any atom is 0.0851 e. The summed E-state index contributed by atoms with van der Waals surface area (Å²) in [6.45, 7) is 9.10. The third-order valence-electron chi connectivity index (χ3n) is 2.88. The molecule has 0 saturated heterocycles. The van der Waals surface area contributed by atoms with Crippen LogP contribution in [0.4, 0.5) is 0 Å². The average Bonchev–Trinajstić information content (AvgIpc) is 2.14. The second kappa shape index (κ2) is 4.64. The second-order valence-corrected chi connectivity index (χ2v) is 7.84. The Hall–Kier alpha value is 0.623. The Morgan fingerprint density at radius 3 is 1.21 bits per heavy atom. The van der Waals surface area contributed by atoms with E-state index < -0.39 is 0 Å². The molecule has 78 valence electrons. The van der Waals surface area contributed by atoms with Crippen molar-refractivity contribution in [3.05, 3.63) is 21.7 Å². The summed E-state index contributed by atoms with van der Waals surface area (Å²) in [4.78, 5) is 0. The summed E-state index contributed by atoms with van der Waals surface area (Å²) in [6, 6.07) is 0. The van der Waals surface area contributed by atoms with E-state index >= 15 is 0 Å². The Kier molecular flexibility index (Phi) is 4.85. The zero-order chi connectivity index (χ0) is 10.4. The Balaban J connectivity index is 0.00000169. The fourth-order valence-electron chi connectivity index (χ4n) is 2.01. The van der Waals surface area contributed by atoms with Crippen LogP contribution in [0.1, 0.15) is 21.7 Å². The zero-order valence-corrected chi connectivity index (χ0v) is 13.7. The minimum absolute atomic E-state index is 0. The minimum atomic E-state index is -0.0905. The molecule has 0 aromatic carbocycles. The molecule has 0 aliphatic carbocycles. The van der Waals surface area contributed by atoms with E-state index in [1.807, 2.05) is 0 Å². The van der Waals surface area contributed by atoms with Gasteiger partial charge in [0.1, 0.15) is 0 Å². The van der Waals surface area contributed by atoms with Gasteiger partial charge in [0.15, 0.2) is 0 Å². The fraction of sp³-hybridized carbons (Fsp3) is 0.636. The molecule has 0 spiro atoms. The van der Waals surface area contributed by atoms with Crippen molar-refractivity contribution in [3.63, 3.8) is 0 Å². The van der Waals surface area contributed by atoms with Crippen LogP contribution in [-0.2, 0) is 26.2 Å². The number of nitrogens with zero attached hydrogens (tertiary/aromatic N) is 1. The summed E-state index contributed by atoms with van der Waals surface area (Å²) >= 11 is 0. The standard InChI is InChI=1S/C11H21NP.Zr/c1-8-9(2)11(4)13(10(8)3)12(5,6)7;/h1-7H3;/q+1;. The predicted molar refractivity (Wildman–Crippen MR) is 63.4 cm³/mol. The third kappa shape index (κ3) is 2.41. The van der Waals surface area contributed by atoms with Crippen molar-refractivity contribution in [2.75, 3.05) is 21.1 Å². The van der Waals surface area contributed by atoms with Gasteiger partial charge in [0.2, 0.25) is 0 Å². The van der Waals surface area contributed by atoms with Gasteiger partial charge >= 0.3 is 0 Å². The molecular weight excluding hydrogens is 268 g/mol. The van der Waals surface area contributed by atoms with Crippen molar-refractivity contribution in [3.8, 4) is 0 Å². The van der Waals surface area contributed by atoms with Gasteiger partial charge in [0, 0.05) is 36.8 Å². The molecule has 0 aliphatic rings. The zero-order valence-electron chi connectivity index (χ0n) is 10.4. The summed E-state index contributed by atoms with van der Waals surface area (Å²) in [5.41, 5.74) is 3.05. The monoisotopic (exact) mass is 288 g/mol. The fourth-order valence-corrected chi connectivity index (χ4v) is 5.29. The van der Waals surface area contributed by atoms with E-state index in [-0.39, 0.29) is 33.9 Å². The Bertz CT molecular complexity index is 309. The molecule has 0 saturated carbocycles. The molecule has 1 aromatic rings. The molecule has 0 aliphatic heterocycles. The molecule has 0 unspecified atom stereocenters. The summed E-state index contributed by atoms with van der Waals surface area (Å²) in [6.07, 6.45) is 0. The van der Waals surface area contributed by atoms with Gasteiger partial charge in [0.25, 0.3) is 0 Å². The first-order valence-corrected chi connectivity index (χ1v) is 6.03. The molecule has 0 atom stereocenters. The van der Waals surface area contributed by atoms with Crippen molar-refractivity contribution in [1.29, 1.82) is 0 Å². The molecule has 1 rings (SSSR count). The van der Waals surface area contributed by atoms with E-state index in [4.69, 9.17) is 0 Å². The topological polar surface area (TPSA) is 0 Å². The molecule has 0 amide bonds. The molecule has 0 bridgehead atoms. The van der Waals surface area contributed by atoms with Gasteiger partial charge in [-0.1, -0.05) is 0 Å². The normalized spacial score (nSPS) is 11.4. The molecule has 1 heterocycles. The van der Waals surface area contributed by atoms with Crippen LogP contribution in [0.25, 0.3) is 0 Å². The van der Waals surface area contributed by atoms with Gasteiger partial charge in [0.05, 0.1) is 28.8 Å². The molecule has 0 N–H and O–H groups in total. The second-order valence-electron chi connectivity index (χ2n) is 4.67. The average molecular weight is 289 g/mol. The van der Waals surface area contributed by atoms with E-state index in [1.54, 1.807) is 10.6 Å². The van der Waals surface area contributed by atoms with Crippen molar-refractivity contribution in [2.24, 2.45) is 0 Å². The number of quaternary nitrogens is 1. The van der Waals surface area contributed by atoms with E-state index in [9.17, 15) is 0 Å². The first-order valence-electron chi connectivity index (χ1n) is 4.74. The van der Waals surface area contributed by atoms with Crippen molar-refractivity contribution in [2.45, 2.75) is 27.7 Å². The van der Waals surface area contributed by atoms with Crippen molar-refractivity contribution >= 4 is 7.68 Å². The summed E-state index contributed by atoms with van der Waals surface area (Å²) in [5.74, 6) is 0. The number of hydrogen-bond donors (Lipinski definition) is 0. The largest absolute Gasteiger partial charge is 0.292 e. The van der Waals surface area contributed by atoms with Crippen LogP contribution in [0, 0.1) is 27.7 Å². The third-order valence-corrected chi connectivity index (χ3v) is 6.02. The molecule has 1 nitrogen and oxygen atoms in total. The molecular formula is C11H21NPZr+. The van der Waals surface area contributed by atoms with Crippen LogP contribution in [0.3, 0.4) is 0 Å². The van der Waals surface area contributed by atoms with E-state index in [0.29, 0.717) is 0 Å². The van der Waals surface area contributed by atoms with Crippen LogP contribution < -0.4 is 4.25 Å². The summed E-state index contributed by atoms with van der Waals surface area (Å²) in [5, 5.41) is 3.22. The van der Waals surface area contributed by atoms with Crippen molar-refractivity contribution in [1.82, 2.24) is 4.25 Å². The van der Waals surface area contributed by atoms with Gasteiger partial charge in [-0.25, -0.2) is 0 Å². The van der Waals surface area contributed by atoms with Crippen LogP contribution >= 0.6 is 7.68 Å². The van der Waals surface area contributed by atoms with E-state index in [2.05, 4.69) is 48.8 Å². The van der Waals surface area contributed by atoms with E-state index in [1.165, 1.54) is 11.1 Å². The van der Waals surface area contributed by atoms with Crippen LogP contribution in [0.2, 0.25) is 0 Å². The molecule has 1 aromatic heterocycles. The number of hydrogen-bond acceptors (Lipinski definition) is 0. The van der Waals surface area contributed by atoms with Crippen LogP contribution in [0.5, 0.6) is 0 Å². The van der Waals surface area contributed by atoms with Gasteiger partial charge < -0.3 is 0 Å². The van der Waals surface area contributed by atoms with E-state index in [0.717, 1.165) is 4.25 Å². The first-order chi connectivity index (χ1) is 5.76. The SMILES string of the molecule is Cc1c(C)c(C)p([N+](C)(C)C)c1C.[Zr]. The van der Waals surface area contributed by atoms with Crippen molar-refractivity contribution < 1.29 is 26.2 Å². The maximum absolute atomic E-state index is 2.30. The Labute approximate surface area is 108 Å². The van der Waals surface area contributed by atoms with Gasteiger partial charge in [-0.15, -0.1) is 0 Å². The molecule has 0 fully saturated rings.